The Morgan fingerprint density at radius 2 is 1.88 bits per heavy atom. The quantitative estimate of drug-likeness (QED) is 0.376. The molecule has 7 nitrogen and oxygen atoms in total. The number of hydrogen-bond donors (Lipinski definition) is 1. The Balaban J connectivity index is 1.34. The van der Waals surface area contributed by atoms with Gasteiger partial charge in [0.1, 0.15) is 11.0 Å². The van der Waals surface area contributed by atoms with E-state index < -0.39 is 0 Å². The van der Waals surface area contributed by atoms with E-state index in [-0.39, 0.29) is 23.6 Å². The van der Waals surface area contributed by atoms with Crippen LogP contribution < -0.4 is 10.2 Å². The molecular weight excluding hydrogens is 458 g/mol. The number of piperazine rings is 1. The number of amides is 2. The van der Waals surface area contributed by atoms with E-state index in [0.29, 0.717) is 41.5 Å². The summed E-state index contributed by atoms with van der Waals surface area (Å²) in [6, 6.07) is 11.4. The van der Waals surface area contributed by atoms with Crippen molar-refractivity contribution in [2.45, 2.75) is 56.3 Å². The molecule has 1 saturated carbocycles. The zero-order valence-corrected chi connectivity index (χ0v) is 20.4. The lowest BCUT2D eigenvalue weighted by atomic mass is 9.95. The van der Waals surface area contributed by atoms with Gasteiger partial charge < -0.3 is 15.1 Å². The molecule has 33 heavy (non-hydrogen) atoms. The minimum Gasteiger partial charge on any atom is -0.353 e. The van der Waals surface area contributed by atoms with Crippen LogP contribution in [0.25, 0.3) is 0 Å². The van der Waals surface area contributed by atoms with Crippen LogP contribution in [0.15, 0.2) is 41.6 Å². The van der Waals surface area contributed by atoms with E-state index in [1.54, 1.807) is 6.07 Å². The first-order chi connectivity index (χ1) is 16.0. The average molecular weight is 488 g/mol. The average Bonchev–Trinajstić information content (AvgIpc) is 2.83. The van der Waals surface area contributed by atoms with Gasteiger partial charge in [0.15, 0.2) is 5.16 Å². The second-order valence-electron chi connectivity index (χ2n) is 8.68. The molecule has 0 radical (unpaired) electrons. The molecule has 1 saturated heterocycles. The van der Waals surface area contributed by atoms with Gasteiger partial charge in [0.2, 0.25) is 5.91 Å². The third-order valence-corrected chi connectivity index (χ3v) is 7.24. The molecule has 2 fully saturated rings. The Hall–Kier alpha value is -2.32. The smallest absolute Gasteiger partial charge is 0.254 e. The van der Waals surface area contributed by atoms with Gasteiger partial charge in [-0.25, -0.2) is 9.97 Å². The second-order valence-corrected chi connectivity index (χ2v) is 10.0. The highest BCUT2D eigenvalue weighted by atomic mass is 35.5. The van der Waals surface area contributed by atoms with Gasteiger partial charge in [-0.2, -0.15) is 0 Å². The zero-order chi connectivity index (χ0) is 23.2. The largest absolute Gasteiger partial charge is 0.353 e. The van der Waals surface area contributed by atoms with E-state index in [1.165, 1.54) is 31.0 Å². The van der Waals surface area contributed by atoms with Crippen molar-refractivity contribution in [3.05, 3.63) is 47.1 Å². The van der Waals surface area contributed by atoms with Crippen LogP contribution in [0.1, 0.15) is 49.4 Å². The molecule has 2 amide bonds. The zero-order valence-electron chi connectivity index (χ0n) is 18.9. The third-order valence-electron chi connectivity index (χ3n) is 6.20. The number of thioether (sulfide) groups is 1. The number of rotatable bonds is 6. The summed E-state index contributed by atoms with van der Waals surface area (Å²) in [5, 5.41) is 3.97. The highest BCUT2D eigenvalue weighted by molar-refractivity contribution is 7.99. The van der Waals surface area contributed by atoms with Crippen LogP contribution in [0, 0.1) is 0 Å². The minimum absolute atomic E-state index is 0.0127. The van der Waals surface area contributed by atoms with Gasteiger partial charge >= 0.3 is 0 Å². The number of benzene rings is 1. The fourth-order valence-corrected chi connectivity index (χ4v) is 5.36. The van der Waals surface area contributed by atoms with Crippen molar-refractivity contribution in [2.24, 2.45) is 0 Å². The molecule has 1 unspecified atom stereocenters. The first-order valence-electron chi connectivity index (χ1n) is 11.6. The molecule has 1 aliphatic heterocycles. The minimum atomic E-state index is 0.0127. The van der Waals surface area contributed by atoms with Crippen molar-refractivity contribution < 1.29 is 9.59 Å². The van der Waals surface area contributed by atoms with E-state index in [1.807, 2.05) is 42.2 Å². The van der Waals surface area contributed by atoms with Crippen LogP contribution in [-0.2, 0) is 4.79 Å². The van der Waals surface area contributed by atoms with Crippen LogP contribution in [0.4, 0.5) is 5.82 Å². The molecule has 2 aliphatic rings. The Morgan fingerprint density at radius 3 is 2.61 bits per heavy atom. The molecule has 2 heterocycles. The Kier molecular flexibility index (Phi) is 8.09. The highest BCUT2D eigenvalue weighted by Gasteiger charge is 2.29. The van der Waals surface area contributed by atoms with Gasteiger partial charge in [0.05, 0.1) is 5.75 Å². The van der Waals surface area contributed by atoms with E-state index in [2.05, 4.69) is 20.2 Å². The van der Waals surface area contributed by atoms with E-state index >= 15 is 0 Å². The van der Waals surface area contributed by atoms with E-state index in [9.17, 15) is 9.59 Å². The monoisotopic (exact) mass is 487 g/mol. The topological polar surface area (TPSA) is 78.4 Å². The predicted octanol–water partition coefficient (Wildman–Crippen LogP) is 4.02. The van der Waals surface area contributed by atoms with Gasteiger partial charge in [-0.1, -0.05) is 60.8 Å². The number of carbonyl (C=O) groups excluding carboxylic acids is 2. The summed E-state index contributed by atoms with van der Waals surface area (Å²) in [7, 11) is 0. The molecule has 9 heteroatoms. The summed E-state index contributed by atoms with van der Waals surface area (Å²) in [6.07, 6.45) is 5.74. The van der Waals surface area contributed by atoms with Crippen molar-refractivity contribution in [3.63, 3.8) is 0 Å². The van der Waals surface area contributed by atoms with E-state index in [0.717, 1.165) is 18.7 Å². The van der Waals surface area contributed by atoms with Crippen molar-refractivity contribution >= 4 is 41.0 Å². The first-order valence-corrected chi connectivity index (χ1v) is 12.9. The van der Waals surface area contributed by atoms with Gasteiger partial charge in [0, 0.05) is 43.3 Å². The second kappa shape index (κ2) is 11.2. The lowest BCUT2D eigenvalue weighted by Gasteiger charge is -2.40. The summed E-state index contributed by atoms with van der Waals surface area (Å²) in [6.45, 7) is 3.95. The van der Waals surface area contributed by atoms with Crippen LogP contribution >= 0.6 is 23.4 Å². The summed E-state index contributed by atoms with van der Waals surface area (Å²) in [4.78, 5) is 38.2. The van der Waals surface area contributed by atoms with Gasteiger partial charge in [-0.05, 0) is 31.9 Å². The van der Waals surface area contributed by atoms with Gasteiger partial charge in [0.25, 0.3) is 5.91 Å². The molecule has 1 atom stereocenters. The Bertz CT molecular complexity index is 971. The highest BCUT2D eigenvalue weighted by Crippen LogP contribution is 2.25. The number of hydrogen-bond acceptors (Lipinski definition) is 6. The summed E-state index contributed by atoms with van der Waals surface area (Å²) < 4.78 is 0. The van der Waals surface area contributed by atoms with Crippen molar-refractivity contribution in [3.8, 4) is 0 Å². The number of halogens is 1. The van der Waals surface area contributed by atoms with Crippen LogP contribution in [-0.4, -0.2) is 64.2 Å². The molecule has 176 valence electrons. The summed E-state index contributed by atoms with van der Waals surface area (Å²) in [5.41, 5.74) is 0.702. The molecule has 4 rings (SSSR count). The maximum absolute atomic E-state index is 12.9. The Morgan fingerprint density at radius 1 is 1.12 bits per heavy atom. The van der Waals surface area contributed by atoms with Crippen LogP contribution in [0.2, 0.25) is 5.15 Å². The van der Waals surface area contributed by atoms with Gasteiger partial charge in [-0.3, -0.25) is 9.59 Å². The SMILES string of the molecule is CC1CN(c2cc(Cl)nc(SCC(=O)NC3CCCCC3)n2)CCN1C(=O)c1ccccc1. The number of aromatic nitrogens is 2. The summed E-state index contributed by atoms with van der Waals surface area (Å²) >= 11 is 7.58. The maximum atomic E-state index is 12.9. The van der Waals surface area contributed by atoms with Crippen molar-refractivity contribution in [1.82, 2.24) is 20.2 Å². The third kappa shape index (κ3) is 6.38. The van der Waals surface area contributed by atoms with Gasteiger partial charge in [-0.15, -0.1) is 0 Å². The number of nitrogens with one attached hydrogen (secondary N) is 1. The number of anilines is 1. The normalized spacial score (nSPS) is 19.4. The van der Waals surface area contributed by atoms with Crippen LogP contribution in [0.3, 0.4) is 0 Å². The molecule has 0 bridgehead atoms. The van der Waals surface area contributed by atoms with Crippen molar-refractivity contribution in [1.29, 1.82) is 0 Å². The molecular formula is C24H30ClN5O2S. The lowest BCUT2D eigenvalue weighted by Crippen LogP contribution is -2.54. The number of carbonyl (C=O) groups is 2. The molecule has 0 spiro atoms. The number of nitrogens with zero attached hydrogens (tertiary/aromatic N) is 4. The molecule has 1 N–H and O–H groups in total. The molecule has 2 aromatic rings. The lowest BCUT2D eigenvalue weighted by molar-refractivity contribution is -0.119. The fraction of sp³-hybridized carbons (Fsp3) is 0.500. The molecule has 1 aromatic heterocycles. The molecule has 1 aromatic carbocycles. The fourth-order valence-electron chi connectivity index (χ4n) is 4.47. The van der Waals surface area contributed by atoms with E-state index in [4.69, 9.17) is 11.6 Å². The van der Waals surface area contributed by atoms with Crippen LogP contribution in [0.5, 0.6) is 0 Å². The standard InChI is InChI=1S/C24H30ClN5O2S/c1-17-15-29(12-13-30(17)23(32)18-8-4-2-5-9-18)21-14-20(25)27-24(28-21)33-16-22(31)26-19-10-6-3-7-11-19/h2,4-5,8-9,14,17,19H,3,6-7,10-13,15-16H2,1H3,(H,26,31). The molecule has 1 aliphatic carbocycles. The Labute approximate surface area is 204 Å². The van der Waals surface area contributed by atoms with Crippen molar-refractivity contribution in [2.75, 3.05) is 30.3 Å². The summed E-state index contributed by atoms with van der Waals surface area (Å²) in [5.74, 6) is 1.05. The predicted molar refractivity (Wildman–Crippen MR) is 132 cm³/mol. The first kappa shape index (κ1) is 23.8. The maximum Gasteiger partial charge on any atom is 0.254 e.